The molecule has 2 aromatic rings. The summed E-state index contributed by atoms with van der Waals surface area (Å²) in [6, 6.07) is 1.87. The van der Waals surface area contributed by atoms with Crippen LogP contribution in [0.5, 0.6) is 11.5 Å². The maximum atomic E-state index is 10.4. The molecule has 15 nitrogen and oxygen atoms in total. The molecule has 1 aromatic carbocycles. The van der Waals surface area contributed by atoms with E-state index in [1.807, 2.05) is 6.92 Å². The quantitative estimate of drug-likeness (QED) is 0.249. The second kappa shape index (κ2) is 8.10. The Labute approximate surface area is 148 Å². The van der Waals surface area contributed by atoms with Crippen molar-refractivity contribution in [1.29, 1.82) is 0 Å². The molecule has 0 radical (unpaired) electrons. The highest BCUT2D eigenvalue weighted by Gasteiger charge is 2.36. The van der Waals surface area contributed by atoms with Crippen molar-refractivity contribution < 1.29 is 30.2 Å². The van der Waals surface area contributed by atoms with E-state index in [1.54, 1.807) is 6.07 Å². The number of pyridine rings is 1. The second-order valence-electron chi connectivity index (χ2n) is 4.75. The third kappa shape index (κ3) is 4.56. The minimum atomic E-state index is -1.48. The van der Waals surface area contributed by atoms with Gasteiger partial charge >= 0.3 is 17.1 Å². The van der Waals surface area contributed by atoms with E-state index in [9.17, 15) is 30.3 Å². The van der Waals surface area contributed by atoms with E-state index in [1.165, 1.54) is 12.4 Å². The number of nitrogens with zero attached hydrogens (tertiary/aromatic N) is 5. The minimum Gasteiger partial charge on any atom is -0.497 e. The highest BCUT2D eigenvalue weighted by molar-refractivity contribution is 5.73. The average Bonchev–Trinajstić information content (AvgIpc) is 2.54. The Bertz CT molecular complexity index is 946. The van der Waals surface area contributed by atoms with E-state index in [4.69, 9.17) is 21.3 Å². The van der Waals surface area contributed by atoms with Gasteiger partial charge in [-0.15, -0.1) is 0 Å². The number of nitrogens with two attached hydrogens (primary N) is 1. The number of aromatic nitrogens is 1. The van der Waals surface area contributed by atoms with Crippen LogP contribution in [0.25, 0.3) is 0 Å². The normalized spacial score (nSPS) is 10.6. The number of benzene rings is 1. The number of hydrogen-bond acceptors (Lipinski definition) is 11. The smallest absolute Gasteiger partial charge is 0.366 e. The first-order valence-corrected chi connectivity index (χ1v) is 6.65. The van der Waals surface area contributed by atoms with Crippen molar-refractivity contribution in [2.24, 2.45) is 10.9 Å². The van der Waals surface area contributed by atoms with Crippen LogP contribution in [-0.4, -0.2) is 34.9 Å². The first-order valence-electron chi connectivity index (χ1n) is 6.65. The lowest BCUT2D eigenvalue weighted by molar-refractivity contribution is -0.405. The Morgan fingerprint density at radius 3 is 1.85 bits per heavy atom. The molecule has 0 amide bonds. The molecule has 1 aromatic heterocycles. The minimum absolute atomic E-state index is 0.234. The van der Waals surface area contributed by atoms with Gasteiger partial charge in [0.1, 0.15) is 6.07 Å². The van der Waals surface area contributed by atoms with Crippen molar-refractivity contribution in [3.8, 4) is 11.5 Å². The van der Waals surface area contributed by atoms with Crippen LogP contribution in [0, 0.1) is 37.3 Å². The molecular formula is C12H12N6O9. The van der Waals surface area contributed by atoms with Gasteiger partial charge in [0.25, 0.3) is 11.5 Å². The van der Waals surface area contributed by atoms with Crippen molar-refractivity contribution in [3.63, 3.8) is 0 Å². The van der Waals surface area contributed by atoms with Gasteiger partial charge in [0, 0.05) is 12.4 Å². The van der Waals surface area contributed by atoms with Gasteiger partial charge in [-0.3, -0.25) is 30.3 Å². The highest BCUT2D eigenvalue weighted by Crippen LogP contribution is 2.47. The zero-order valence-corrected chi connectivity index (χ0v) is 13.4. The summed E-state index contributed by atoms with van der Waals surface area (Å²) < 4.78 is 0.962. The first kappa shape index (κ1) is 20.6. The molecule has 5 N–H and O–H groups in total. The van der Waals surface area contributed by atoms with E-state index in [2.05, 4.69) is 5.10 Å². The number of hydrogen-bond donors (Lipinski definition) is 4. The molecule has 0 aliphatic heterocycles. The van der Waals surface area contributed by atoms with Gasteiger partial charge in [0.15, 0.2) is 0 Å². The Morgan fingerprint density at radius 1 is 1.04 bits per heavy atom. The maximum Gasteiger partial charge on any atom is 0.366 e. The zero-order chi connectivity index (χ0) is 20.9. The van der Waals surface area contributed by atoms with Crippen molar-refractivity contribution in [1.82, 2.24) is 4.73 Å². The van der Waals surface area contributed by atoms with Crippen LogP contribution in [0.3, 0.4) is 0 Å². The summed E-state index contributed by atoms with van der Waals surface area (Å²) in [5, 5.41) is 62.6. The maximum absolute atomic E-state index is 10.4. The van der Waals surface area contributed by atoms with Crippen LogP contribution >= 0.6 is 0 Å². The molecule has 0 bridgehead atoms. The molecular weight excluding hydrogens is 372 g/mol. The SMILES string of the molecule is Cc1cn(O)cc/c1=N/N.O=[N+]([O-])c1cc([N+](=O)[O-])c(O)c([N+](=O)[O-])c1O. The number of aromatic hydroxyl groups is 2. The third-order valence-electron chi connectivity index (χ3n) is 3.04. The van der Waals surface area contributed by atoms with Gasteiger partial charge in [0.05, 0.1) is 20.1 Å². The monoisotopic (exact) mass is 384 g/mol. The van der Waals surface area contributed by atoms with Crippen molar-refractivity contribution in [3.05, 3.63) is 65.8 Å². The molecule has 0 unspecified atom stereocenters. The Kier molecular flexibility index (Phi) is 6.18. The molecule has 144 valence electrons. The number of nitro groups is 3. The molecule has 0 aliphatic carbocycles. The number of phenolic OH excluding ortho intramolecular Hbond substituents is 2. The molecule has 2 rings (SSSR count). The number of nitro benzene ring substituents is 3. The van der Waals surface area contributed by atoms with Gasteiger partial charge in [-0.1, -0.05) is 0 Å². The molecule has 0 saturated heterocycles. The zero-order valence-electron chi connectivity index (χ0n) is 13.4. The Balaban J connectivity index is 0.000000309. The van der Waals surface area contributed by atoms with Crippen molar-refractivity contribution in [2.75, 3.05) is 0 Å². The van der Waals surface area contributed by atoms with E-state index < -0.39 is 43.3 Å². The molecule has 0 spiro atoms. The van der Waals surface area contributed by atoms with E-state index in [-0.39, 0.29) is 6.07 Å². The number of rotatable bonds is 3. The third-order valence-corrected chi connectivity index (χ3v) is 3.04. The molecule has 0 atom stereocenters. The van der Waals surface area contributed by atoms with Gasteiger partial charge in [-0.2, -0.15) is 5.10 Å². The number of phenols is 2. The fourth-order valence-electron chi connectivity index (χ4n) is 1.80. The van der Waals surface area contributed by atoms with Crippen LogP contribution in [0.4, 0.5) is 17.1 Å². The molecule has 0 saturated carbocycles. The summed E-state index contributed by atoms with van der Waals surface area (Å²) in [4.78, 5) is 27.4. The first-order chi connectivity index (χ1) is 12.5. The molecule has 15 heteroatoms. The summed E-state index contributed by atoms with van der Waals surface area (Å²) in [7, 11) is 0. The highest BCUT2D eigenvalue weighted by atomic mass is 16.6. The summed E-state index contributed by atoms with van der Waals surface area (Å²) in [5.74, 6) is 2.15. The lowest BCUT2D eigenvalue weighted by Crippen LogP contribution is -2.11. The Morgan fingerprint density at radius 2 is 1.52 bits per heavy atom. The fraction of sp³-hybridized carbons (Fsp3) is 0.0833. The van der Waals surface area contributed by atoms with Gasteiger partial charge in [-0.25, -0.2) is 4.73 Å². The fourth-order valence-corrected chi connectivity index (χ4v) is 1.80. The standard InChI is InChI=1S/C6H3N3O8.C6H9N3O/c10-5-2(7(12)13)1-3(8(14)15)6(11)4(5)9(16)17;1-5-4-9(10)3-2-6(5)8-7/h1,10-11H;2-4,10H,7H2,1H3/b;8-6-. The van der Waals surface area contributed by atoms with Crippen molar-refractivity contribution >= 4 is 17.1 Å². The molecule has 0 aliphatic rings. The molecule has 1 heterocycles. The summed E-state index contributed by atoms with van der Waals surface area (Å²) in [5.41, 5.74) is -3.11. The predicted molar refractivity (Wildman–Crippen MR) is 85.8 cm³/mol. The van der Waals surface area contributed by atoms with Crippen LogP contribution < -0.4 is 11.2 Å². The summed E-state index contributed by atoms with van der Waals surface area (Å²) in [6.45, 7) is 1.82. The average molecular weight is 384 g/mol. The lowest BCUT2D eigenvalue weighted by Gasteiger charge is -2.00. The van der Waals surface area contributed by atoms with Crippen LogP contribution in [0.15, 0.2) is 29.6 Å². The van der Waals surface area contributed by atoms with Crippen molar-refractivity contribution in [2.45, 2.75) is 6.92 Å². The summed E-state index contributed by atoms with van der Waals surface area (Å²) >= 11 is 0. The largest absolute Gasteiger partial charge is 0.497 e. The van der Waals surface area contributed by atoms with Gasteiger partial charge in [0.2, 0.25) is 0 Å². The van der Waals surface area contributed by atoms with E-state index in [0.717, 1.165) is 10.3 Å². The predicted octanol–water partition coefficient (Wildman–Crippen LogP) is 0.631. The van der Waals surface area contributed by atoms with Gasteiger partial charge in [-0.05, 0) is 18.6 Å². The topological polar surface area (TPSA) is 233 Å². The van der Waals surface area contributed by atoms with Gasteiger partial charge < -0.3 is 21.3 Å². The van der Waals surface area contributed by atoms with E-state index in [0.29, 0.717) is 5.36 Å². The van der Waals surface area contributed by atoms with Crippen LogP contribution in [0.1, 0.15) is 5.56 Å². The lowest BCUT2D eigenvalue weighted by atomic mass is 10.2. The Hall–Kier alpha value is -4.43. The van der Waals surface area contributed by atoms with Crippen LogP contribution in [-0.2, 0) is 0 Å². The number of aryl methyl sites for hydroxylation is 1. The van der Waals surface area contributed by atoms with Crippen LogP contribution in [0.2, 0.25) is 0 Å². The molecule has 27 heavy (non-hydrogen) atoms. The summed E-state index contributed by atoms with van der Waals surface area (Å²) in [6.07, 6.45) is 3.00. The molecule has 0 fully saturated rings. The van der Waals surface area contributed by atoms with E-state index >= 15 is 0 Å². The second-order valence-corrected chi connectivity index (χ2v) is 4.75.